The Bertz CT molecular complexity index is 264. The highest BCUT2D eigenvalue weighted by atomic mass is 15.3. The first kappa shape index (κ1) is 11.0. The summed E-state index contributed by atoms with van der Waals surface area (Å²) in [7, 11) is 0. The molecule has 2 aliphatic rings. The molecule has 2 saturated heterocycles. The number of hydrogen-bond donors (Lipinski definition) is 0. The van der Waals surface area contributed by atoms with E-state index in [9.17, 15) is 0 Å². The summed E-state index contributed by atoms with van der Waals surface area (Å²) in [6, 6.07) is 0.764. The van der Waals surface area contributed by atoms with Crippen LogP contribution in [0.15, 0.2) is 0 Å². The Morgan fingerprint density at radius 2 is 1.93 bits per heavy atom. The Balaban J connectivity index is 2.06. The van der Waals surface area contributed by atoms with Crippen LogP contribution in [0, 0.1) is 12.3 Å². The van der Waals surface area contributed by atoms with Crippen LogP contribution in [0.3, 0.4) is 0 Å². The summed E-state index contributed by atoms with van der Waals surface area (Å²) < 4.78 is 0. The summed E-state index contributed by atoms with van der Waals surface area (Å²) in [6.07, 6.45) is 9.61. The fourth-order valence-corrected chi connectivity index (χ4v) is 2.81. The van der Waals surface area contributed by atoms with Crippen LogP contribution >= 0.6 is 0 Å². The Morgan fingerprint density at radius 3 is 2.67 bits per heavy atom. The molecule has 1 atom stereocenters. The van der Waals surface area contributed by atoms with E-state index < -0.39 is 0 Å². The summed E-state index contributed by atoms with van der Waals surface area (Å²) in [6.45, 7) is 9.22. The fourth-order valence-electron chi connectivity index (χ4n) is 2.81. The highest BCUT2D eigenvalue weighted by Crippen LogP contribution is 2.25. The summed E-state index contributed by atoms with van der Waals surface area (Å²) >= 11 is 0. The lowest BCUT2D eigenvalue weighted by Gasteiger charge is -2.35. The second-order valence-electron chi connectivity index (χ2n) is 5.33. The van der Waals surface area contributed by atoms with E-state index in [1.54, 1.807) is 0 Å². The third kappa shape index (κ3) is 2.19. The summed E-state index contributed by atoms with van der Waals surface area (Å²) in [4.78, 5) is 5.13. The molecule has 0 amide bonds. The lowest BCUT2D eigenvalue weighted by Crippen LogP contribution is -2.47. The number of terminal acetylenes is 1. The van der Waals surface area contributed by atoms with Gasteiger partial charge in [-0.1, -0.05) is 5.92 Å². The third-order valence-electron chi connectivity index (χ3n) is 3.95. The Labute approximate surface area is 93.6 Å². The van der Waals surface area contributed by atoms with E-state index in [2.05, 4.69) is 29.6 Å². The highest BCUT2D eigenvalue weighted by Gasteiger charge is 2.33. The topological polar surface area (TPSA) is 6.48 Å². The zero-order valence-corrected chi connectivity index (χ0v) is 10.00. The maximum absolute atomic E-state index is 5.62. The molecule has 0 aliphatic carbocycles. The average Bonchev–Trinajstić information content (AvgIpc) is 2.55. The molecule has 0 aromatic carbocycles. The van der Waals surface area contributed by atoms with Crippen LogP contribution in [0.5, 0.6) is 0 Å². The van der Waals surface area contributed by atoms with Crippen molar-refractivity contribution >= 4 is 0 Å². The summed E-state index contributed by atoms with van der Waals surface area (Å²) in [5.74, 6) is 2.93. The molecule has 2 heteroatoms. The van der Waals surface area contributed by atoms with Crippen molar-refractivity contribution in [2.75, 3.05) is 26.2 Å². The van der Waals surface area contributed by atoms with Crippen molar-refractivity contribution in [1.82, 2.24) is 9.80 Å². The van der Waals surface area contributed by atoms with Gasteiger partial charge in [0.1, 0.15) is 0 Å². The lowest BCUT2D eigenvalue weighted by molar-refractivity contribution is 0.151. The van der Waals surface area contributed by atoms with E-state index in [4.69, 9.17) is 6.42 Å². The van der Waals surface area contributed by atoms with Crippen LogP contribution in [0.1, 0.15) is 33.1 Å². The molecular weight excluding hydrogens is 184 g/mol. The first-order chi connectivity index (χ1) is 7.13. The van der Waals surface area contributed by atoms with Gasteiger partial charge in [-0.3, -0.25) is 9.80 Å². The van der Waals surface area contributed by atoms with Gasteiger partial charge < -0.3 is 0 Å². The Morgan fingerprint density at radius 1 is 1.20 bits per heavy atom. The molecular formula is C13H22N2. The van der Waals surface area contributed by atoms with Gasteiger partial charge in [0.2, 0.25) is 0 Å². The van der Waals surface area contributed by atoms with E-state index in [1.165, 1.54) is 32.4 Å². The first-order valence-corrected chi connectivity index (χ1v) is 6.10. The lowest BCUT2D eigenvalue weighted by atomic mass is 10.0. The molecule has 2 aliphatic heterocycles. The van der Waals surface area contributed by atoms with E-state index in [-0.39, 0.29) is 5.54 Å². The van der Waals surface area contributed by atoms with E-state index >= 15 is 0 Å². The van der Waals surface area contributed by atoms with Gasteiger partial charge >= 0.3 is 0 Å². The normalized spacial score (nSPS) is 29.5. The van der Waals surface area contributed by atoms with E-state index in [1.807, 2.05) is 0 Å². The van der Waals surface area contributed by atoms with Crippen LogP contribution in [-0.4, -0.2) is 47.6 Å². The third-order valence-corrected chi connectivity index (χ3v) is 3.95. The van der Waals surface area contributed by atoms with Crippen LogP contribution in [-0.2, 0) is 0 Å². The molecule has 2 heterocycles. The van der Waals surface area contributed by atoms with Gasteiger partial charge in [0.25, 0.3) is 0 Å². The SMILES string of the molecule is C#CC(C)(C)N1CCCN2CCCC2C1. The average molecular weight is 206 g/mol. The molecule has 2 rings (SSSR count). The van der Waals surface area contributed by atoms with Crippen molar-refractivity contribution in [3.05, 3.63) is 0 Å². The van der Waals surface area contributed by atoms with Gasteiger partial charge in [-0.05, 0) is 46.2 Å². The van der Waals surface area contributed by atoms with Crippen molar-refractivity contribution in [2.45, 2.75) is 44.7 Å². The Hall–Kier alpha value is -0.520. The molecule has 0 saturated carbocycles. The predicted molar refractivity (Wildman–Crippen MR) is 63.7 cm³/mol. The van der Waals surface area contributed by atoms with Gasteiger partial charge in [-0.25, -0.2) is 0 Å². The van der Waals surface area contributed by atoms with Crippen LogP contribution in [0.25, 0.3) is 0 Å². The van der Waals surface area contributed by atoms with E-state index in [0.29, 0.717) is 0 Å². The number of rotatable bonds is 1. The molecule has 0 bridgehead atoms. The predicted octanol–water partition coefficient (Wildman–Crippen LogP) is 1.57. The fraction of sp³-hybridized carbons (Fsp3) is 0.846. The molecule has 0 spiro atoms. The minimum atomic E-state index is -0.0708. The quantitative estimate of drug-likeness (QED) is 0.601. The van der Waals surface area contributed by atoms with Gasteiger partial charge in [0.15, 0.2) is 0 Å². The van der Waals surface area contributed by atoms with Crippen LogP contribution in [0.2, 0.25) is 0 Å². The van der Waals surface area contributed by atoms with Gasteiger partial charge in [-0.2, -0.15) is 0 Å². The number of nitrogens with zero attached hydrogens (tertiary/aromatic N) is 2. The maximum Gasteiger partial charge on any atom is 0.0766 e. The van der Waals surface area contributed by atoms with Crippen LogP contribution < -0.4 is 0 Å². The van der Waals surface area contributed by atoms with Gasteiger partial charge in [0, 0.05) is 19.1 Å². The zero-order chi connectivity index (χ0) is 10.9. The Kier molecular flexibility index (Phi) is 3.04. The molecule has 1 unspecified atom stereocenters. The number of hydrogen-bond acceptors (Lipinski definition) is 2. The summed E-state index contributed by atoms with van der Waals surface area (Å²) in [5, 5.41) is 0. The molecule has 2 fully saturated rings. The highest BCUT2D eigenvalue weighted by molar-refractivity contribution is 5.09. The minimum Gasteiger partial charge on any atom is -0.299 e. The van der Waals surface area contributed by atoms with Crippen molar-refractivity contribution in [1.29, 1.82) is 0 Å². The molecule has 84 valence electrons. The van der Waals surface area contributed by atoms with Gasteiger partial charge in [0.05, 0.1) is 5.54 Å². The first-order valence-electron chi connectivity index (χ1n) is 6.10. The number of fused-ring (bicyclic) bond motifs is 1. The molecule has 2 nitrogen and oxygen atoms in total. The van der Waals surface area contributed by atoms with Crippen molar-refractivity contribution < 1.29 is 0 Å². The van der Waals surface area contributed by atoms with Crippen molar-refractivity contribution in [2.24, 2.45) is 0 Å². The minimum absolute atomic E-state index is 0.0708. The monoisotopic (exact) mass is 206 g/mol. The van der Waals surface area contributed by atoms with E-state index in [0.717, 1.165) is 19.1 Å². The standard InChI is InChI=1S/C13H22N2/c1-4-13(2,3)15-10-6-9-14-8-5-7-12(14)11-15/h1,12H,5-11H2,2-3H3. The second kappa shape index (κ2) is 4.15. The largest absolute Gasteiger partial charge is 0.299 e. The molecule has 0 aromatic heterocycles. The molecule has 0 N–H and O–H groups in total. The van der Waals surface area contributed by atoms with Crippen molar-refractivity contribution in [3.8, 4) is 12.3 Å². The zero-order valence-electron chi connectivity index (χ0n) is 10.00. The molecule has 0 radical (unpaired) electrons. The van der Waals surface area contributed by atoms with Crippen LogP contribution in [0.4, 0.5) is 0 Å². The smallest absolute Gasteiger partial charge is 0.0766 e. The molecule has 0 aromatic rings. The molecule has 15 heavy (non-hydrogen) atoms. The second-order valence-corrected chi connectivity index (χ2v) is 5.33. The van der Waals surface area contributed by atoms with Crippen molar-refractivity contribution in [3.63, 3.8) is 0 Å². The van der Waals surface area contributed by atoms with Gasteiger partial charge in [-0.15, -0.1) is 6.42 Å². The summed E-state index contributed by atoms with van der Waals surface area (Å²) in [5.41, 5.74) is -0.0708. The maximum atomic E-state index is 5.62.